The number of carbonyl (C=O) groups is 1. The second-order valence-corrected chi connectivity index (χ2v) is 7.11. The summed E-state index contributed by atoms with van der Waals surface area (Å²) in [5, 5.41) is 3.35. The molecule has 3 saturated heterocycles. The molecule has 0 unspecified atom stereocenters. The molecule has 0 aliphatic carbocycles. The fourth-order valence-corrected chi connectivity index (χ4v) is 4.15. The fraction of sp³-hybridized carbons (Fsp3) is 0.706. The number of likely N-dealkylation sites (tertiary alicyclic amines) is 2. The molecule has 3 aliphatic rings. The molecule has 24 heavy (non-hydrogen) atoms. The van der Waals surface area contributed by atoms with Gasteiger partial charge >= 0.3 is 6.03 Å². The molecule has 4 rings (SSSR count). The number of urea groups is 1. The third-order valence-electron chi connectivity index (χ3n) is 5.29. The zero-order chi connectivity index (χ0) is 16.4. The predicted molar refractivity (Wildman–Crippen MR) is 89.8 cm³/mol. The van der Waals surface area contributed by atoms with E-state index in [2.05, 4.69) is 15.3 Å². The van der Waals surface area contributed by atoms with Gasteiger partial charge in [-0.3, -0.25) is 0 Å². The van der Waals surface area contributed by atoms with Gasteiger partial charge in [-0.25, -0.2) is 14.8 Å². The van der Waals surface area contributed by atoms with Crippen molar-refractivity contribution in [1.29, 1.82) is 0 Å². The van der Waals surface area contributed by atoms with Crippen LogP contribution in [0, 0.1) is 0 Å². The van der Waals surface area contributed by atoms with Crippen molar-refractivity contribution < 1.29 is 9.53 Å². The summed E-state index contributed by atoms with van der Waals surface area (Å²) >= 11 is 0. The van der Waals surface area contributed by atoms with Crippen molar-refractivity contribution in [2.75, 3.05) is 38.1 Å². The van der Waals surface area contributed by atoms with E-state index in [-0.39, 0.29) is 17.7 Å². The highest BCUT2D eigenvalue weighted by Gasteiger charge is 2.45. The number of piperidine rings is 1. The molecule has 1 aromatic heterocycles. The number of nitrogens with one attached hydrogen (secondary N) is 1. The molecule has 0 radical (unpaired) electrons. The highest BCUT2D eigenvalue weighted by atomic mass is 16.5. The number of carbonyl (C=O) groups excluding carboxylic acids is 1. The van der Waals surface area contributed by atoms with Gasteiger partial charge in [0.25, 0.3) is 0 Å². The first-order valence-corrected chi connectivity index (χ1v) is 8.96. The Morgan fingerprint density at radius 3 is 2.71 bits per heavy atom. The summed E-state index contributed by atoms with van der Waals surface area (Å²) in [6.07, 6.45) is 8.65. The van der Waals surface area contributed by atoms with Crippen LogP contribution in [0.25, 0.3) is 0 Å². The molecule has 7 nitrogen and oxygen atoms in total. The van der Waals surface area contributed by atoms with Gasteiger partial charge in [-0.05, 0) is 31.7 Å². The number of nitrogens with zero attached hydrogens (tertiary/aromatic N) is 4. The van der Waals surface area contributed by atoms with E-state index in [0.717, 1.165) is 51.7 Å². The lowest BCUT2D eigenvalue weighted by molar-refractivity contribution is -0.0435. The van der Waals surface area contributed by atoms with E-state index in [1.807, 2.05) is 9.80 Å². The second-order valence-electron chi connectivity index (χ2n) is 7.11. The van der Waals surface area contributed by atoms with Gasteiger partial charge in [0.15, 0.2) is 0 Å². The minimum atomic E-state index is -0.208. The highest BCUT2D eigenvalue weighted by Crippen LogP contribution is 2.36. The van der Waals surface area contributed by atoms with Crippen LogP contribution in [0.15, 0.2) is 18.5 Å². The van der Waals surface area contributed by atoms with Crippen LogP contribution in [-0.2, 0) is 4.74 Å². The van der Waals surface area contributed by atoms with Gasteiger partial charge < -0.3 is 19.9 Å². The van der Waals surface area contributed by atoms with Crippen molar-refractivity contribution in [2.24, 2.45) is 0 Å². The lowest BCUT2D eigenvalue weighted by Gasteiger charge is -2.41. The van der Waals surface area contributed by atoms with E-state index in [4.69, 9.17) is 4.74 Å². The lowest BCUT2D eigenvalue weighted by Crippen LogP contribution is -2.53. The average Bonchev–Trinajstić information content (AvgIpc) is 3.26. The minimum Gasteiger partial charge on any atom is -0.371 e. The molecule has 0 bridgehead atoms. The Morgan fingerprint density at radius 2 is 1.92 bits per heavy atom. The zero-order valence-corrected chi connectivity index (χ0v) is 14.0. The van der Waals surface area contributed by atoms with Gasteiger partial charge in [-0.15, -0.1) is 0 Å². The van der Waals surface area contributed by atoms with Gasteiger partial charge in [-0.1, -0.05) is 0 Å². The van der Waals surface area contributed by atoms with Crippen LogP contribution in [0.1, 0.15) is 32.1 Å². The smallest absolute Gasteiger partial charge is 0.320 e. The number of aromatic nitrogens is 2. The molecule has 0 saturated carbocycles. The summed E-state index contributed by atoms with van der Waals surface area (Å²) in [5.74, 6) is 0.643. The maximum atomic E-state index is 12.7. The first kappa shape index (κ1) is 15.6. The molecule has 3 fully saturated rings. The number of hydrogen-bond acceptors (Lipinski definition) is 5. The lowest BCUT2D eigenvalue weighted by atomic mass is 9.89. The van der Waals surface area contributed by atoms with Crippen molar-refractivity contribution in [3.63, 3.8) is 0 Å². The topological polar surface area (TPSA) is 70.6 Å². The SMILES string of the molecule is O=C(N1CCCC1)N1CCC[C@]2(C[C@@H](Nc3ncccn3)CO2)C1. The Labute approximate surface area is 142 Å². The van der Waals surface area contributed by atoms with Crippen molar-refractivity contribution in [3.05, 3.63) is 18.5 Å². The van der Waals surface area contributed by atoms with E-state index in [1.165, 1.54) is 0 Å². The van der Waals surface area contributed by atoms with Gasteiger partial charge in [0.05, 0.1) is 24.8 Å². The van der Waals surface area contributed by atoms with Gasteiger partial charge in [0, 0.05) is 38.4 Å². The summed E-state index contributed by atoms with van der Waals surface area (Å²) in [4.78, 5) is 25.1. The van der Waals surface area contributed by atoms with Crippen molar-refractivity contribution in [3.8, 4) is 0 Å². The van der Waals surface area contributed by atoms with Crippen LogP contribution in [0.3, 0.4) is 0 Å². The summed E-state index contributed by atoms with van der Waals surface area (Å²) in [7, 11) is 0. The van der Waals surface area contributed by atoms with E-state index < -0.39 is 0 Å². The van der Waals surface area contributed by atoms with Crippen LogP contribution >= 0.6 is 0 Å². The van der Waals surface area contributed by atoms with Crippen molar-refractivity contribution in [2.45, 2.75) is 43.7 Å². The number of anilines is 1. The molecule has 3 aliphatic heterocycles. The molecule has 0 aromatic carbocycles. The third kappa shape index (κ3) is 3.17. The fourth-order valence-electron chi connectivity index (χ4n) is 4.15. The normalized spacial score (nSPS) is 30.1. The van der Waals surface area contributed by atoms with E-state index in [9.17, 15) is 4.79 Å². The average molecular weight is 331 g/mol. The molecule has 130 valence electrons. The van der Waals surface area contributed by atoms with Crippen LogP contribution in [0.4, 0.5) is 10.7 Å². The second kappa shape index (κ2) is 6.55. The Morgan fingerprint density at radius 1 is 1.17 bits per heavy atom. The molecule has 2 amide bonds. The monoisotopic (exact) mass is 331 g/mol. The molecule has 7 heteroatoms. The van der Waals surface area contributed by atoms with Crippen LogP contribution in [-0.4, -0.2) is 70.2 Å². The number of amides is 2. The molecule has 4 heterocycles. The molecule has 2 atom stereocenters. The Bertz CT molecular complexity index is 578. The molecule has 1 N–H and O–H groups in total. The van der Waals surface area contributed by atoms with E-state index >= 15 is 0 Å². The summed E-state index contributed by atoms with van der Waals surface area (Å²) in [5.41, 5.74) is -0.208. The number of hydrogen-bond donors (Lipinski definition) is 1. The Balaban J connectivity index is 1.37. The first-order chi connectivity index (χ1) is 11.7. The summed E-state index contributed by atoms with van der Waals surface area (Å²) in [6, 6.07) is 2.20. The van der Waals surface area contributed by atoms with Gasteiger partial charge in [0.2, 0.25) is 5.95 Å². The Kier molecular flexibility index (Phi) is 4.26. The predicted octanol–water partition coefficient (Wildman–Crippen LogP) is 1.73. The van der Waals surface area contributed by atoms with Crippen molar-refractivity contribution in [1.82, 2.24) is 19.8 Å². The maximum Gasteiger partial charge on any atom is 0.320 e. The molecule has 1 spiro atoms. The van der Waals surface area contributed by atoms with Gasteiger partial charge in [-0.2, -0.15) is 0 Å². The van der Waals surface area contributed by atoms with Crippen LogP contribution in [0.5, 0.6) is 0 Å². The Hall–Kier alpha value is -1.89. The van der Waals surface area contributed by atoms with Crippen molar-refractivity contribution >= 4 is 12.0 Å². The number of rotatable bonds is 2. The first-order valence-electron chi connectivity index (χ1n) is 8.96. The molecule has 1 aromatic rings. The molecular weight excluding hydrogens is 306 g/mol. The van der Waals surface area contributed by atoms with Crippen LogP contribution in [0.2, 0.25) is 0 Å². The zero-order valence-electron chi connectivity index (χ0n) is 14.0. The van der Waals surface area contributed by atoms with Crippen LogP contribution < -0.4 is 5.32 Å². The highest BCUT2D eigenvalue weighted by molar-refractivity contribution is 5.75. The summed E-state index contributed by atoms with van der Waals surface area (Å²) < 4.78 is 6.18. The number of ether oxygens (including phenoxy) is 1. The summed E-state index contributed by atoms with van der Waals surface area (Å²) in [6.45, 7) is 4.00. The molecular formula is C17H25N5O2. The standard InChI is InChI=1S/C17H25N5O2/c23-16(21-8-1-2-9-21)22-10-3-5-17(13-22)11-14(12-24-17)20-15-18-6-4-7-19-15/h4,6-7,14H,1-3,5,8-13H2,(H,18,19,20)/t14-,17+/m1/s1. The minimum absolute atomic E-state index is 0.193. The van der Waals surface area contributed by atoms with E-state index in [0.29, 0.717) is 19.1 Å². The maximum absolute atomic E-state index is 12.7. The third-order valence-corrected chi connectivity index (χ3v) is 5.29. The van der Waals surface area contributed by atoms with Gasteiger partial charge in [0.1, 0.15) is 0 Å². The van der Waals surface area contributed by atoms with E-state index in [1.54, 1.807) is 18.5 Å². The quantitative estimate of drug-likeness (QED) is 0.894. The largest absolute Gasteiger partial charge is 0.371 e.